The third-order valence-corrected chi connectivity index (χ3v) is 7.78. The summed E-state index contributed by atoms with van der Waals surface area (Å²) < 4.78 is 67.2. The zero-order chi connectivity index (χ0) is 30.4. The van der Waals surface area contributed by atoms with Crippen molar-refractivity contribution < 1.29 is 31.2 Å². The summed E-state index contributed by atoms with van der Waals surface area (Å²) in [6, 6.07) is 18.6. The number of alkyl halides is 3. The maximum atomic E-state index is 14.0. The summed E-state index contributed by atoms with van der Waals surface area (Å²) in [4.78, 5) is 28.7. The number of hydrogen-bond donors (Lipinski definition) is 1. The van der Waals surface area contributed by atoms with Crippen molar-refractivity contribution in [3.8, 4) is 0 Å². The largest absolute Gasteiger partial charge is 0.416 e. The SMILES string of the molecule is CC(C)NC(=O)C(Cc1ccccc1)N(Cc1ccc(Br)cc1)C(=O)CN(c1cccc(C(F)(F)F)c1)S(C)(=O)=O. The van der Waals surface area contributed by atoms with Crippen LogP contribution in [0.1, 0.15) is 30.5 Å². The van der Waals surface area contributed by atoms with Crippen LogP contribution < -0.4 is 9.62 Å². The Labute approximate surface area is 246 Å². The highest BCUT2D eigenvalue weighted by Gasteiger charge is 2.35. The van der Waals surface area contributed by atoms with E-state index in [1.807, 2.05) is 18.2 Å². The number of carbonyl (C=O) groups is 2. The molecule has 7 nitrogen and oxygen atoms in total. The van der Waals surface area contributed by atoms with Crippen molar-refractivity contribution in [3.63, 3.8) is 0 Å². The fourth-order valence-corrected chi connectivity index (χ4v) is 5.28. The molecule has 0 heterocycles. The molecule has 0 fully saturated rings. The van der Waals surface area contributed by atoms with Gasteiger partial charge in [0.25, 0.3) is 0 Å². The molecule has 0 aliphatic rings. The Bertz CT molecular complexity index is 1450. The normalized spacial score (nSPS) is 12.6. The molecule has 0 spiro atoms. The van der Waals surface area contributed by atoms with Crippen molar-refractivity contribution in [2.45, 2.75) is 45.1 Å². The molecule has 3 aromatic rings. The molecule has 1 unspecified atom stereocenters. The predicted octanol–water partition coefficient (Wildman–Crippen LogP) is 5.40. The lowest BCUT2D eigenvalue weighted by Crippen LogP contribution is -2.54. The lowest BCUT2D eigenvalue weighted by atomic mass is 10.0. The smallest absolute Gasteiger partial charge is 0.352 e. The molecule has 0 saturated heterocycles. The molecule has 3 rings (SSSR count). The van der Waals surface area contributed by atoms with Crippen molar-refractivity contribution >= 4 is 43.5 Å². The van der Waals surface area contributed by atoms with Crippen LogP contribution in [0.25, 0.3) is 0 Å². The molecule has 2 amide bonds. The van der Waals surface area contributed by atoms with Crippen molar-refractivity contribution in [1.29, 1.82) is 0 Å². The Hall–Kier alpha value is -3.38. The number of sulfonamides is 1. The third kappa shape index (κ3) is 9.32. The van der Waals surface area contributed by atoms with Crippen LogP contribution in [0.15, 0.2) is 83.3 Å². The first-order valence-electron chi connectivity index (χ1n) is 12.7. The summed E-state index contributed by atoms with van der Waals surface area (Å²) >= 11 is 3.37. The molecule has 0 aromatic heterocycles. The molecule has 0 aliphatic carbocycles. The van der Waals surface area contributed by atoms with Gasteiger partial charge in [0.2, 0.25) is 21.8 Å². The van der Waals surface area contributed by atoms with Crippen LogP contribution in [0.2, 0.25) is 0 Å². The number of amides is 2. The monoisotopic (exact) mass is 653 g/mol. The Morgan fingerprint density at radius 3 is 2.12 bits per heavy atom. The van der Waals surface area contributed by atoms with Crippen LogP contribution in [-0.2, 0) is 38.8 Å². The Morgan fingerprint density at radius 2 is 1.56 bits per heavy atom. The molecule has 0 radical (unpaired) electrons. The van der Waals surface area contributed by atoms with E-state index in [0.29, 0.717) is 15.9 Å². The van der Waals surface area contributed by atoms with Gasteiger partial charge in [0.1, 0.15) is 12.6 Å². The van der Waals surface area contributed by atoms with Crippen molar-refractivity contribution in [2.24, 2.45) is 0 Å². The van der Waals surface area contributed by atoms with Crippen LogP contribution in [0, 0.1) is 0 Å². The van der Waals surface area contributed by atoms with Gasteiger partial charge >= 0.3 is 6.18 Å². The van der Waals surface area contributed by atoms with E-state index >= 15 is 0 Å². The number of benzene rings is 3. The highest BCUT2D eigenvalue weighted by molar-refractivity contribution is 9.10. The van der Waals surface area contributed by atoms with Gasteiger partial charge in [0, 0.05) is 23.5 Å². The van der Waals surface area contributed by atoms with E-state index in [2.05, 4.69) is 21.2 Å². The maximum absolute atomic E-state index is 14.0. The standard InChI is InChI=1S/C29H31BrF3N3O4S/c1-20(2)34-28(38)26(16-21-8-5-4-6-9-21)35(18-22-12-14-24(30)15-13-22)27(37)19-36(41(3,39)40)25-11-7-10-23(17-25)29(31,32)33/h4-15,17,20,26H,16,18-19H2,1-3H3,(H,34,38). The number of hydrogen-bond acceptors (Lipinski definition) is 4. The van der Waals surface area contributed by atoms with Gasteiger partial charge in [-0.3, -0.25) is 13.9 Å². The fourth-order valence-electron chi connectivity index (χ4n) is 4.17. The van der Waals surface area contributed by atoms with Gasteiger partial charge in [-0.15, -0.1) is 0 Å². The van der Waals surface area contributed by atoms with Gasteiger partial charge in [0.15, 0.2) is 0 Å². The number of halogens is 4. The molecular formula is C29H31BrF3N3O4S. The van der Waals surface area contributed by atoms with Crippen LogP contribution in [0.3, 0.4) is 0 Å². The molecule has 1 atom stereocenters. The molecule has 12 heteroatoms. The van der Waals surface area contributed by atoms with Gasteiger partial charge in [-0.05, 0) is 55.3 Å². The van der Waals surface area contributed by atoms with Gasteiger partial charge < -0.3 is 10.2 Å². The molecule has 0 bridgehead atoms. The molecule has 1 N–H and O–H groups in total. The fraction of sp³-hybridized carbons (Fsp3) is 0.310. The molecule has 0 saturated carbocycles. The average molecular weight is 655 g/mol. The number of nitrogens with one attached hydrogen (secondary N) is 1. The van der Waals surface area contributed by atoms with Gasteiger partial charge in [-0.1, -0.05) is 64.5 Å². The van der Waals surface area contributed by atoms with E-state index in [1.54, 1.807) is 50.2 Å². The number of anilines is 1. The van der Waals surface area contributed by atoms with E-state index in [9.17, 15) is 31.2 Å². The lowest BCUT2D eigenvalue weighted by molar-refractivity contribution is -0.140. The Balaban J connectivity index is 2.07. The lowest BCUT2D eigenvalue weighted by Gasteiger charge is -2.34. The summed E-state index contributed by atoms with van der Waals surface area (Å²) in [7, 11) is -4.20. The highest BCUT2D eigenvalue weighted by Crippen LogP contribution is 2.32. The highest BCUT2D eigenvalue weighted by atomic mass is 79.9. The van der Waals surface area contributed by atoms with Gasteiger partial charge in [-0.25, -0.2) is 8.42 Å². The first-order chi connectivity index (χ1) is 19.1. The first kappa shape index (κ1) is 32.1. The second-order valence-corrected chi connectivity index (χ2v) is 12.7. The maximum Gasteiger partial charge on any atom is 0.416 e. The molecule has 3 aromatic carbocycles. The average Bonchev–Trinajstić information content (AvgIpc) is 2.89. The van der Waals surface area contributed by atoms with E-state index in [-0.39, 0.29) is 24.7 Å². The van der Waals surface area contributed by atoms with Gasteiger partial charge in [0.05, 0.1) is 17.5 Å². The minimum atomic E-state index is -4.72. The van der Waals surface area contributed by atoms with Crippen molar-refractivity contribution in [2.75, 3.05) is 17.1 Å². The van der Waals surface area contributed by atoms with Crippen LogP contribution >= 0.6 is 15.9 Å². The number of carbonyl (C=O) groups excluding carboxylic acids is 2. The molecule has 0 aliphatic heterocycles. The summed E-state index contributed by atoms with van der Waals surface area (Å²) in [6.45, 7) is 2.70. The summed E-state index contributed by atoms with van der Waals surface area (Å²) in [6.07, 6.45) is -3.77. The minimum Gasteiger partial charge on any atom is -0.352 e. The molecule has 220 valence electrons. The topological polar surface area (TPSA) is 86.8 Å². The van der Waals surface area contributed by atoms with Crippen molar-refractivity contribution in [3.05, 3.63) is 100 Å². The van der Waals surface area contributed by atoms with E-state index in [4.69, 9.17) is 0 Å². The van der Waals surface area contributed by atoms with E-state index in [1.165, 1.54) is 11.0 Å². The van der Waals surface area contributed by atoms with Crippen molar-refractivity contribution in [1.82, 2.24) is 10.2 Å². The van der Waals surface area contributed by atoms with E-state index in [0.717, 1.165) is 28.4 Å². The van der Waals surface area contributed by atoms with E-state index < -0.39 is 46.2 Å². The predicted molar refractivity (Wildman–Crippen MR) is 156 cm³/mol. The minimum absolute atomic E-state index is 0.0463. The quantitative estimate of drug-likeness (QED) is 0.300. The third-order valence-electron chi connectivity index (χ3n) is 6.11. The summed E-state index contributed by atoms with van der Waals surface area (Å²) in [5.74, 6) is -1.20. The number of rotatable bonds is 11. The first-order valence-corrected chi connectivity index (χ1v) is 15.3. The van der Waals surface area contributed by atoms with Crippen LogP contribution in [0.4, 0.5) is 18.9 Å². The zero-order valence-electron chi connectivity index (χ0n) is 22.7. The zero-order valence-corrected chi connectivity index (χ0v) is 25.1. The van der Waals surface area contributed by atoms with Gasteiger partial charge in [-0.2, -0.15) is 13.2 Å². The summed E-state index contributed by atoms with van der Waals surface area (Å²) in [5.41, 5.74) is 0.0661. The molecular weight excluding hydrogens is 623 g/mol. The second kappa shape index (κ2) is 13.5. The number of nitrogens with zero attached hydrogens (tertiary/aromatic N) is 2. The Morgan fingerprint density at radius 1 is 0.927 bits per heavy atom. The summed E-state index contributed by atoms with van der Waals surface area (Å²) in [5, 5.41) is 2.84. The second-order valence-electron chi connectivity index (χ2n) is 9.83. The van der Waals surface area contributed by atoms with Crippen LogP contribution in [0.5, 0.6) is 0 Å². The Kier molecular flexibility index (Phi) is 10.6. The van der Waals surface area contributed by atoms with Crippen LogP contribution in [-0.4, -0.2) is 50.0 Å². The molecule has 41 heavy (non-hydrogen) atoms.